The van der Waals surface area contributed by atoms with Crippen LogP contribution < -0.4 is 0 Å². The van der Waals surface area contributed by atoms with Gasteiger partial charge in [-0.25, -0.2) is 9.45 Å². The molecule has 0 unspecified atom stereocenters. The summed E-state index contributed by atoms with van der Waals surface area (Å²) >= 11 is 0. The van der Waals surface area contributed by atoms with E-state index < -0.39 is 30.0 Å². The Morgan fingerprint density at radius 1 is 1.19 bits per heavy atom. The van der Waals surface area contributed by atoms with Gasteiger partial charge in [0.1, 0.15) is 11.4 Å². The molecule has 9 heteroatoms. The van der Waals surface area contributed by atoms with Crippen molar-refractivity contribution in [3.8, 4) is 11.6 Å². The van der Waals surface area contributed by atoms with Gasteiger partial charge in [-0.3, -0.25) is 14.4 Å². The number of hydroxylamine groups is 2. The topological polar surface area (TPSA) is 95.2 Å². The third kappa shape index (κ3) is 4.31. The maximum atomic E-state index is 13.1. The molecule has 0 saturated heterocycles. The van der Waals surface area contributed by atoms with E-state index in [0.29, 0.717) is 5.56 Å². The van der Waals surface area contributed by atoms with E-state index in [-0.39, 0.29) is 18.0 Å². The number of rotatable bonds is 6. The van der Waals surface area contributed by atoms with Crippen LogP contribution in [0, 0.1) is 5.82 Å². The van der Waals surface area contributed by atoms with Gasteiger partial charge in [-0.1, -0.05) is 12.1 Å². The van der Waals surface area contributed by atoms with Gasteiger partial charge in [-0.2, -0.15) is 0 Å². The Kier molecular flexibility index (Phi) is 5.83. The van der Waals surface area contributed by atoms with E-state index in [2.05, 4.69) is 0 Å². The Morgan fingerprint density at radius 2 is 1.81 bits per heavy atom. The van der Waals surface area contributed by atoms with Gasteiger partial charge >= 0.3 is 0 Å². The van der Waals surface area contributed by atoms with Crippen LogP contribution in [0.15, 0.2) is 30.5 Å². The maximum absolute atomic E-state index is 13.1. The van der Waals surface area contributed by atoms with Crippen molar-refractivity contribution < 1.29 is 29.0 Å². The number of aryl methyl sites for hydroxylation is 1. The second kappa shape index (κ2) is 7.87. The summed E-state index contributed by atoms with van der Waals surface area (Å²) in [6.07, 6.45) is 1.24. The molecular formula is C17H20FN3O5. The molecular weight excluding hydrogens is 345 g/mol. The molecule has 0 atom stereocenters. The average Bonchev–Trinajstić information content (AvgIpc) is 2.86. The number of hydrogen-bond acceptors (Lipinski definition) is 5. The van der Waals surface area contributed by atoms with Crippen LogP contribution in [-0.2, 0) is 23.2 Å². The number of benzene rings is 1. The number of aromatic hydroxyl groups is 2. The van der Waals surface area contributed by atoms with Crippen LogP contribution in [0.5, 0.6) is 11.6 Å². The molecule has 1 heterocycles. The average molecular weight is 365 g/mol. The maximum Gasteiger partial charge on any atom is 0.283 e. The Balaban J connectivity index is 2.26. The lowest BCUT2D eigenvalue weighted by Gasteiger charge is -2.22. The van der Waals surface area contributed by atoms with E-state index in [0.717, 1.165) is 5.06 Å². The smallest absolute Gasteiger partial charge is 0.283 e. The zero-order chi connectivity index (χ0) is 19.4. The summed E-state index contributed by atoms with van der Waals surface area (Å²) < 4.78 is 14.2. The van der Waals surface area contributed by atoms with E-state index in [1.165, 1.54) is 47.0 Å². The van der Waals surface area contributed by atoms with E-state index in [4.69, 9.17) is 4.84 Å². The highest BCUT2D eigenvalue weighted by Gasteiger charge is 2.25. The number of carbonyl (C=O) groups is 2. The SMILES string of the molecule is CN(C)C(=O)CON(Cc1ccc(F)cc1)C(=O)c1cn(C)c(O)c1O. The third-order valence-corrected chi connectivity index (χ3v) is 3.66. The van der Waals surface area contributed by atoms with E-state index in [1.54, 1.807) is 14.1 Å². The summed E-state index contributed by atoms with van der Waals surface area (Å²) in [5.74, 6) is -2.62. The first-order chi connectivity index (χ1) is 12.2. The van der Waals surface area contributed by atoms with Crippen molar-refractivity contribution in [3.63, 3.8) is 0 Å². The second-order valence-corrected chi connectivity index (χ2v) is 5.86. The summed E-state index contributed by atoms with van der Waals surface area (Å²) in [6.45, 7) is -0.492. The molecule has 0 aliphatic carbocycles. The lowest BCUT2D eigenvalue weighted by Crippen LogP contribution is -2.35. The molecule has 2 amide bonds. The molecule has 26 heavy (non-hydrogen) atoms. The van der Waals surface area contributed by atoms with E-state index >= 15 is 0 Å². The minimum Gasteiger partial charge on any atom is -0.503 e. The number of aromatic nitrogens is 1. The van der Waals surface area contributed by atoms with Crippen LogP contribution in [0.25, 0.3) is 0 Å². The fourth-order valence-electron chi connectivity index (χ4n) is 2.09. The van der Waals surface area contributed by atoms with E-state index in [1.807, 2.05) is 0 Å². The van der Waals surface area contributed by atoms with Gasteiger partial charge in [0.05, 0.1) is 6.54 Å². The number of carbonyl (C=O) groups excluding carboxylic acids is 2. The van der Waals surface area contributed by atoms with E-state index in [9.17, 15) is 24.2 Å². The highest BCUT2D eigenvalue weighted by Crippen LogP contribution is 2.31. The molecule has 0 fully saturated rings. The van der Waals surface area contributed by atoms with Crippen molar-refractivity contribution in [2.24, 2.45) is 7.05 Å². The fraction of sp³-hybridized carbons (Fsp3) is 0.294. The van der Waals surface area contributed by atoms with Crippen molar-refractivity contribution in [1.29, 1.82) is 0 Å². The Hall–Kier alpha value is -3.07. The molecule has 1 aromatic heterocycles. The van der Waals surface area contributed by atoms with Crippen molar-refractivity contribution in [2.45, 2.75) is 6.54 Å². The molecule has 140 valence electrons. The first-order valence-electron chi connectivity index (χ1n) is 7.67. The Morgan fingerprint density at radius 3 is 2.31 bits per heavy atom. The quantitative estimate of drug-likeness (QED) is 0.751. The zero-order valence-electron chi connectivity index (χ0n) is 14.6. The number of amides is 2. The number of nitrogens with zero attached hydrogens (tertiary/aromatic N) is 3. The molecule has 0 aliphatic heterocycles. The Bertz CT molecular complexity index is 801. The number of hydrogen-bond donors (Lipinski definition) is 2. The zero-order valence-corrected chi connectivity index (χ0v) is 14.6. The lowest BCUT2D eigenvalue weighted by molar-refractivity contribution is -0.159. The van der Waals surface area contributed by atoms with Crippen LogP contribution >= 0.6 is 0 Å². The van der Waals surface area contributed by atoms with Gasteiger partial charge in [-0.05, 0) is 17.7 Å². The normalized spacial score (nSPS) is 10.6. The summed E-state index contributed by atoms with van der Waals surface area (Å²) in [5, 5.41) is 20.5. The highest BCUT2D eigenvalue weighted by molar-refractivity contribution is 5.97. The standard InChI is InChI=1S/C17H20FN3O5/c1-19(2)14(22)10-26-21(8-11-4-6-12(18)7-5-11)16(24)13-9-20(3)17(25)15(13)23/h4-7,9,23,25H,8,10H2,1-3H3. The molecule has 0 aliphatic rings. The molecule has 0 saturated carbocycles. The van der Waals surface area contributed by atoms with Crippen molar-refractivity contribution in [2.75, 3.05) is 20.7 Å². The van der Waals surface area contributed by atoms with Gasteiger partial charge in [0.25, 0.3) is 11.8 Å². The number of halogens is 1. The number of likely N-dealkylation sites (N-methyl/N-ethyl adjacent to an activating group) is 1. The minimum absolute atomic E-state index is 0.0884. The first-order valence-corrected chi connectivity index (χ1v) is 7.67. The molecule has 2 aromatic rings. The molecule has 2 rings (SSSR count). The van der Waals surface area contributed by atoms with Gasteiger partial charge < -0.3 is 19.7 Å². The minimum atomic E-state index is -0.755. The van der Waals surface area contributed by atoms with Crippen LogP contribution in [-0.4, -0.2) is 57.3 Å². The predicted octanol–water partition coefficient (Wildman–Crippen LogP) is 1.24. The predicted molar refractivity (Wildman–Crippen MR) is 89.7 cm³/mol. The molecule has 0 spiro atoms. The summed E-state index contributed by atoms with van der Waals surface area (Å²) in [6, 6.07) is 5.40. The highest BCUT2D eigenvalue weighted by atomic mass is 19.1. The van der Waals surface area contributed by atoms with Gasteiger partial charge in [-0.15, -0.1) is 0 Å². The second-order valence-electron chi connectivity index (χ2n) is 5.86. The van der Waals surface area contributed by atoms with Crippen LogP contribution in [0.1, 0.15) is 15.9 Å². The van der Waals surface area contributed by atoms with Gasteiger partial charge in [0.2, 0.25) is 5.88 Å². The van der Waals surface area contributed by atoms with Crippen LogP contribution in [0.3, 0.4) is 0 Å². The van der Waals surface area contributed by atoms with Crippen LogP contribution in [0.4, 0.5) is 4.39 Å². The molecule has 8 nitrogen and oxygen atoms in total. The van der Waals surface area contributed by atoms with Crippen molar-refractivity contribution in [1.82, 2.24) is 14.5 Å². The van der Waals surface area contributed by atoms with Crippen molar-refractivity contribution >= 4 is 11.8 Å². The molecule has 1 aromatic carbocycles. The van der Waals surface area contributed by atoms with Crippen molar-refractivity contribution in [3.05, 3.63) is 47.4 Å². The summed E-state index contributed by atoms with van der Waals surface area (Å²) in [4.78, 5) is 31.1. The third-order valence-electron chi connectivity index (χ3n) is 3.66. The monoisotopic (exact) mass is 365 g/mol. The molecule has 0 bridgehead atoms. The molecule has 0 radical (unpaired) electrons. The summed E-state index contributed by atoms with van der Waals surface area (Å²) in [5.41, 5.74) is 0.362. The Labute approximate surface area is 149 Å². The largest absolute Gasteiger partial charge is 0.503 e. The summed E-state index contributed by atoms with van der Waals surface area (Å²) in [7, 11) is 4.53. The fourth-order valence-corrected chi connectivity index (χ4v) is 2.09. The van der Waals surface area contributed by atoms with Gasteiger partial charge in [0, 0.05) is 27.3 Å². The lowest BCUT2D eigenvalue weighted by atomic mass is 10.2. The van der Waals surface area contributed by atoms with Gasteiger partial charge in [0.15, 0.2) is 12.4 Å². The first kappa shape index (κ1) is 19.3. The molecule has 2 N–H and O–H groups in total. The van der Waals surface area contributed by atoms with Crippen LogP contribution in [0.2, 0.25) is 0 Å².